The van der Waals surface area contributed by atoms with E-state index in [0.29, 0.717) is 31.3 Å². The van der Waals surface area contributed by atoms with E-state index < -0.39 is 0 Å². The van der Waals surface area contributed by atoms with Crippen molar-refractivity contribution in [2.45, 2.75) is 20.0 Å². The minimum absolute atomic E-state index is 0.194. The van der Waals surface area contributed by atoms with Crippen molar-refractivity contribution in [1.82, 2.24) is 30.4 Å². The Hall–Kier alpha value is -3.43. The van der Waals surface area contributed by atoms with Crippen LogP contribution in [0.5, 0.6) is 5.75 Å². The topological polar surface area (TPSA) is 101 Å². The lowest BCUT2D eigenvalue weighted by atomic mass is 10.3. The molecule has 0 aliphatic rings. The number of ether oxygens (including phenoxy) is 1. The highest BCUT2D eigenvalue weighted by molar-refractivity contribution is 5.86. The van der Waals surface area contributed by atoms with Gasteiger partial charge in [0.2, 0.25) is 0 Å². The normalized spacial score (nSPS) is 12.6. The number of halogens is 1. The first-order valence-corrected chi connectivity index (χ1v) is 9.87. The van der Waals surface area contributed by atoms with E-state index in [2.05, 4.69) is 36.0 Å². The second-order valence-electron chi connectivity index (χ2n) is 6.69. The maximum atomic E-state index is 13.3. The molecule has 0 aliphatic carbocycles. The van der Waals surface area contributed by atoms with E-state index in [1.54, 1.807) is 23.0 Å². The summed E-state index contributed by atoms with van der Waals surface area (Å²) in [6, 6.07) is 6.10. The average molecular weight is 414 g/mol. The Morgan fingerprint density at radius 2 is 2.13 bits per heavy atom. The number of aromatic nitrogens is 4. The highest BCUT2D eigenvalue weighted by Gasteiger charge is 2.08. The molecule has 10 heteroatoms. The van der Waals surface area contributed by atoms with Crippen LogP contribution in [0.25, 0.3) is 11.0 Å². The van der Waals surface area contributed by atoms with E-state index in [1.807, 2.05) is 20.9 Å². The van der Waals surface area contributed by atoms with Gasteiger partial charge < -0.3 is 20.7 Å². The number of fused-ring (bicyclic) bond motifs is 1. The maximum Gasteiger partial charge on any atom is 0.191 e. The van der Waals surface area contributed by atoms with Gasteiger partial charge in [0.1, 0.15) is 29.8 Å². The monoisotopic (exact) mass is 414 g/mol. The Bertz CT molecular complexity index is 990. The summed E-state index contributed by atoms with van der Waals surface area (Å²) >= 11 is 0. The van der Waals surface area contributed by atoms with Crippen LogP contribution < -0.4 is 20.7 Å². The first kappa shape index (κ1) is 21.3. The van der Waals surface area contributed by atoms with Crippen molar-refractivity contribution in [1.29, 1.82) is 0 Å². The second kappa shape index (κ2) is 10.4. The van der Waals surface area contributed by atoms with Crippen molar-refractivity contribution in [3.8, 4) is 5.75 Å². The third-order valence-electron chi connectivity index (χ3n) is 4.22. The van der Waals surface area contributed by atoms with E-state index in [9.17, 15) is 4.39 Å². The van der Waals surface area contributed by atoms with Gasteiger partial charge in [-0.1, -0.05) is 6.07 Å². The van der Waals surface area contributed by atoms with E-state index >= 15 is 0 Å². The zero-order chi connectivity index (χ0) is 21.3. The quantitative estimate of drug-likeness (QED) is 0.279. The van der Waals surface area contributed by atoms with Gasteiger partial charge in [0.15, 0.2) is 11.6 Å². The molecule has 0 saturated heterocycles. The summed E-state index contributed by atoms with van der Waals surface area (Å²) in [5.41, 5.74) is 0.780. The molecule has 30 heavy (non-hydrogen) atoms. The highest BCUT2D eigenvalue weighted by atomic mass is 19.1. The molecule has 0 bridgehead atoms. The SMILES string of the molecule is CCNC(=NCC(C)Oc1cccc(F)c1)NCCNc1ncnc2c1cnn2C. The number of aryl methyl sites for hydroxylation is 1. The van der Waals surface area contributed by atoms with Crippen molar-refractivity contribution in [3.05, 3.63) is 42.6 Å². The van der Waals surface area contributed by atoms with Crippen molar-refractivity contribution in [2.75, 3.05) is 31.5 Å². The van der Waals surface area contributed by atoms with Gasteiger partial charge in [-0.25, -0.2) is 19.4 Å². The zero-order valence-corrected chi connectivity index (χ0v) is 17.4. The Kier molecular flexibility index (Phi) is 7.36. The molecular weight excluding hydrogens is 387 g/mol. The zero-order valence-electron chi connectivity index (χ0n) is 17.4. The third kappa shape index (κ3) is 5.79. The number of aliphatic imine (C=N–C) groups is 1. The van der Waals surface area contributed by atoms with Crippen molar-refractivity contribution < 1.29 is 9.13 Å². The lowest BCUT2D eigenvalue weighted by molar-refractivity contribution is 0.229. The summed E-state index contributed by atoms with van der Waals surface area (Å²) in [4.78, 5) is 13.1. The molecule has 3 rings (SSSR count). The standard InChI is InChI=1S/C20H27FN8O/c1-4-22-20(25-11-14(2)30-16-7-5-6-15(21)10-16)24-9-8-23-18-17-12-28-29(3)19(17)27-13-26-18/h5-7,10,12-14H,4,8-9,11H2,1-3H3,(H2,22,24,25)(H,23,26,27). The van der Waals surface area contributed by atoms with Crippen LogP contribution in [0.1, 0.15) is 13.8 Å². The summed E-state index contributed by atoms with van der Waals surface area (Å²) in [5.74, 6) is 1.60. The lowest BCUT2D eigenvalue weighted by Gasteiger charge is -2.15. The predicted octanol–water partition coefficient (Wildman–Crippen LogP) is 1.94. The number of hydrogen-bond acceptors (Lipinski definition) is 6. The Morgan fingerprint density at radius 1 is 1.27 bits per heavy atom. The van der Waals surface area contributed by atoms with Gasteiger partial charge in [0, 0.05) is 32.7 Å². The summed E-state index contributed by atoms with van der Waals surface area (Å²) in [6.07, 6.45) is 3.07. The number of rotatable bonds is 9. The molecule has 0 spiro atoms. The number of nitrogens with one attached hydrogen (secondary N) is 3. The first-order valence-electron chi connectivity index (χ1n) is 9.87. The number of hydrogen-bond donors (Lipinski definition) is 3. The van der Waals surface area contributed by atoms with Gasteiger partial charge >= 0.3 is 0 Å². The van der Waals surface area contributed by atoms with Crippen LogP contribution in [0.2, 0.25) is 0 Å². The van der Waals surface area contributed by atoms with Crippen LogP contribution in [0.4, 0.5) is 10.2 Å². The molecule has 2 aromatic heterocycles. The maximum absolute atomic E-state index is 13.3. The molecule has 1 aromatic carbocycles. The Labute approximate surface area is 174 Å². The molecule has 1 unspecified atom stereocenters. The van der Waals surface area contributed by atoms with Crippen molar-refractivity contribution in [2.24, 2.45) is 12.0 Å². The average Bonchev–Trinajstić information content (AvgIpc) is 3.11. The van der Waals surface area contributed by atoms with Crippen molar-refractivity contribution in [3.63, 3.8) is 0 Å². The van der Waals surface area contributed by atoms with Gasteiger partial charge in [0.25, 0.3) is 0 Å². The Morgan fingerprint density at radius 3 is 2.93 bits per heavy atom. The van der Waals surface area contributed by atoms with E-state index in [1.165, 1.54) is 18.5 Å². The summed E-state index contributed by atoms with van der Waals surface area (Å²) < 4.78 is 20.7. The number of benzene rings is 1. The van der Waals surface area contributed by atoms with Crippen LogP contribution in [0, 0.1) is 5.82 Å². The summed E-state index contributed by atoms with van der Waals surface area (Å²) in [6.45, 7) is 6.34. The molecule has 2 heterocycles. The molecule has 1 atom stereocenters. The molecule has 3 N–H and O–H groups in total. The van der Waals surface area contributed by atoms with Gasteiger partial charge in [-0.2, -0.15) is 5.10 Å². The van der Waals surface area contributed by atoms with E-state index in [-0.39, 0.29) is 11.9 Å². The fraction of sp³-hybridized carbons (Fsp3) is 0.400. The molecule has 0 saturated carbocycles. The lowest BCUT2D eigenvalue weighted by Crippen LogP contribution is -2.40. The minimum Gasteiger partial charge on any atom is -0.489 e. The van der Waals surface area contributed by atoms with Gasteiger partial charge in [-0.15, -0.1) is 0 Å². The highest BCUT2D eigenvalue weighted by Crippen LogP contribution is 2.17. The third-order valence-corrected chi connectivity index (χ3v) is 4.22. The molecule has 0 aliphatic heterocycles. The number of nitrogens with zero attached hydrogens (tertiary/aromatic N) is 5. The summed E-state index contributed by atoms with van der Waals surface area (Å²) in [5, 5.41) is 14.8. The van der Waals surface area contributed by atoms with Crippen LogP contribution in [0.15, 0.2) is 41.8 Å². The van der Waals surface area contributed by atoms with E-state index in [0.717, 1.165) is 23.4 Å². The molecule has 0 radical (unpaired) electrons. The largest absolute Gasteiger partial charge is 0.489 e. The van der Waals surface area contributed by atoms with Crippen LogP contribution in [-0.2, 0) is 7.05 Å². The van der Waals surface area contributed by atoms with Crippen LogP contribution in [0.3, 0.4) is 0 Å². The molecule has 0 amide bonds. The Balaban J connectivity index is 1.48. The minimum atomic E-state index is -0.321. The number of anilines is 1. The van der Waals surface area contributed by atoms with Crippen LogP contribution >= 0.6 is 0 Å². The fourth-order valence-electron chi connectivity index (χ4n) is 2.84. The first-order chi connectivity index (χ1) is 14.6. The van der Waals surface area contributed by atoms with Crippen LogP contribution in [-0.4, -0.2) is 58.0 Å². The van der Waals surface area contributed by atoms with Crippen molar-refractivity contribution >= 4 is 22.8 Å². The molecule has 0 fully saturated rings. The van der Waals surface area contributed by atoms with Gasteiger partial charge in [-0.3, -0.25) is 4.68 Å². The molecular formula is C20H27FN8O. The predicted molar refractivity (Wildman–Crippen MR) is 115 cm³/mol. The van der Waals surface area contributed by atoms with Gasteiger partial charge in [-0.05, 0) is 26.0 Å². The fourth-order valence-corrected chi connectivity index (χ4v) is 2.84. The molecule has 9 nitrogen and oxygen atoms in total. The number of guanidine groups is 1. The van der Waals surface area contributed by atoms with E-state index in [4.69, 9.17) is 4.74 Å². The summed E-state index contributed by atoms with van der Waals surface area (Å²) in [7, 11) is 1.85. The molecule has 160 valence electrons. The second-order valence-corrected chi connectivity index (χ2v) is 6.69. The molecule has 3 aromatic rings. The van der Waals surface area contributed by atoms with Gasteiger partial charge in [0.05, 0.1) is 18.1 Å². The smallest absolute Gasteiger partial charge is 0.191 e.